The van der Waals surface area contributed by atoms with Crippen LogP contribution in [0.3, 0.4) is 0 Å². The summed E-state index contributed by atoms with van der Waals surface area (Å²) in [4.78, 5) is 15.3. The normalized spacial score (nSPS) is 11.4. The lowest BCUT2D eigenvalue weighted by molar-refractivity contribution is 0.0601. The van der Waals surface area contributed by atoms with Gasteiger partial charge in [-0.2, -0.15) is 0 Å². The first-order valence-corrected chi connectivity index (χ1v) is 8.13. The number of rotatable bonds is 6. The highest BCUT2D eigenvalue weighted by molar-refractivity contribution is 7.89. The second-order valence-electron chi connectivity index (χ2n) is 4.33. The lowest BCUT2D eigenvalue weighted by atomic mass is 10.2. The van der Waals surface area contributed by atoms with E-state index in [-0.39, 0.29) is 22.0 Å². The number of imidazole rings is 1. The molecule has 0 radical (unpaired) electrons. The Bertz CT molecular complexity index is 760. The van der Waals surface area contributed by atoms with Gasteiger partial charge in [0.05, 0.1) is 28.9 Å². The molecule has 0 bridgehead atoms. The van der Waals surface area contributed by atoms with Gasteiger partial charge in [-0.3, -0.25) is 0 Å². The fraction of sp³-hybridized carbons (Fsp3) is 0.231. The minimum Gasteiger partial charge on any atom is -0.465 e. The Kier molecular flexibility index (Phi) is 5.17. The number of ether oxygens (including phenoxy) is 1. The van der Waals surface area contributed by atoms with Crippen LogP contribution in [0.1, 0.15) is 10.4 Å². The van der Waals surface area contributed by atoms with Gasteiger partial charge in [0.25, 0.3) is 0 Å². The Morgan fingerprint density at radius 1 is 1.45 bits per heavy atom. The second-order valence-corrected chi connectivity index (χ2v) is 6.51. The van der Waals surface area contributed by atoms with Crippen molar-refractivity contribution in [2.24, 2.45) is 0 Å². The van der Waals surface area contributed by atoms with Crippen LogP contribution in [0, 0.1) is 0 Å². The van der Waals surface area contributed by atoms with Gasteiger partial charge in [-0.1, -0.05) is 11.6 Å². The molecule has 1 aromatic heterocycles. The molecule has 0 amide bonds. The average molecular weight is 344 g/mol. The number of sulfonamides is 1. The topological polar surface area (TPSA) is 90.3 Å². The van der Waals surface area contributed by atoms with Gasteiger partial charge in [0.15, 0.2) is 0 Å². The summed E-state index contributed by atoms with van der Waals surface area (Å²) >= 11 is 5.92. The number of hydrogen-bond donors (Lipinski definition) is 1. The summed E-state index contributed by atoms with van der Waals surface area (Å²) in [6.45, 7) is 0.655. The second kappa shape index (κ2) is 6.91. The van der Waals surface area contributed by atoms with Gasteiger partial charge in [-0.05, 0) is 18.2 Å². The number of benzene rings is 1. The molecule has 0 fully saturated rings. The SMILES string of the molecule is COC(=O)c1ccc(S(=O)(=O)NCCn2ccnc2)cc1Cl. The Balaban J connectivity index is 2.09. The van der Waals surface area contributed by atoms with Gasteiger partial charge in [0.1, 0.15) is 0 Å². The summed E-state index contributed by atoms with van der Waals surface area (Å²) in [6, 6.07) is 3.84. The molecule has 0 atom stereocenters. The van der Waals surface area contributed by atoms with E-state index in [9.17, 15) is 13.2 Å². The van der Waals surface area contributed by atoms with Crippen LogP contribution in [-0.4, -0.2) is 37.6 Å². The molecular formula is C13H14ClN3O4S. The summed E-state index contributed by atoms with van der Waals surface area (Å²) in [7, 11) is -2.48. The van der Waals surface area contributed by atoms with E-state index in [1.165, 1.54) is 25.3 Å². The number of nitrogens with one attached hydrogen (secondary N) is 1. The standard InChI is InChI=1S/C13H14ClN3O4S/c1-21-13(18)11-3-2-10(8-12(11)14)22(19,20)16-5-7-17-6-4-15-9-17/h2-4,6,8-9,16H,5,7H2,1H3. The van der Waals surface area contributed by atoms with E-state index in [0.29, 0.717) is 6.54 Å². The van der Waals surface area contributed by atoms with E-state index in [1.807, 2.05) is 0 Å². The van der Waals surface area contributed by atoms with Crippen molar-refractivity contribution < 1.29 is 17.9 Å². The van der Waals surface area contributed by atoms with Crippen LogP contribution in [0.25, 0.3) is 0 Å². The zero-order valence-electron chi connectivity index (χ0n) is 11.7. The van der Waals surface area contributed by atoms with Crippen LogP contribution in [0.2, 0.25) is 5.02 Å². The number of hydrogen-bond acceptors (Lipinski definition) is 5. The van der Waals surface area contributed by atoms with Gasteiger partial charge < -0.3 is 9.30 Å². The summed E-state index contributed by atoms with van der Waals surface area (Å²) < 4.78 is 33.1. The van der Waals surface area contributed by atoms with Gasteiger partial charge >= 0.3 is 5.97 Å². The molecule has 0 aliphatic rings. The summed E-state index contributed by atoms with van der Waals surface area (Å²) in [5, 5.41) is 0.0179. The van der Waals surface area contributed by atoms with Crippen molar-refractivity contribution in [1.29, 1.82) is 0 Å². The maximum absolute atomic E-state index is 12.2. The number of aromatic nitrogens is 2. The van der Waals surface area contributed by atoms with Crippen molar-refractivity contribution in [3.05, 3.63) is 47.5 Å². The predicted octanol–water partition coefficient (Wildman–Crippen LogP) is 1.30. The van der Waals surface area contributed by atoms with Crippen molar-refractivity contribution in [2.45, 2.75) is 11.4 Å². The first-order chi connectivity index (χ1) is 10.4. The first-order valence-electron chi connectivity index (χ1n) is 6.27. The van der Waals surface area contributed by atoms with Gasteiger partial charge in [0, 0.05) is 25.5 Å². The summed E-state index contributed by atoms with van der Waals surface area (Å²) in [5.74, 6) is -0.623. The smallest absolute Gasteiger partial charge is 0.339 e. The predicted molar refractivity (Wildman–Crippen MR) is 80.2 cm³/mol. The molecule has 1 heterocycles. The Hall–Kier alpha value is -1.90. The van der Waals surface area contributed by atoms with Gasteiger partial charge in [0.2, 0.25) is 10.0 Å². The highest BCUT2D eigenvalue weighted by Crippen LogP contribution is 2.21. The minimum absolute atomic E-state index is 0.0178. The molecular weight excluding hydrogens is 330 g/mol. The minimum atomic E-state index is -3.71. The van der Waals surface area contributed by atoms with Crippen LogP contribution in [0.15, 0.2) is 41.8 Å². The van der Waals surface area contributed by atoms with E-state index < -0.39 is 16.0 Å². The third-order valence-corrected chi connectivity index (χ3v) is 4.65. The molecule has 0 aliphatic heterocycles. The van der Waals surface area contributed by atoms with Crippen LogP contribution in [-0.2, 0) is 21.3 Å². The van der Waals surface area contributed by atoms with Crippen LogP contribution in [0.5, 0.6) is 0 Å². The van der Waals surface area contributed by atoms with Crippen molar-refractivity contribution in [2.75, 3.05) is 13.7 Å². The third kappa shape index (κ3) is 3.85. The maximum atomic E-state index is 12.2. The summed E-state index contributed by atoms with van der Waals surface area (Å²) in [6.07, 6.45) is 4.94. The van der Waals surface area contributed by atoms with Crippen molar-refractivity contribution in [3.63, 3.8) is 0 Å². The van der Waals surface area contributed by atoms with E-state index in [4.69, 9.17) is 11.6 Å². The quantitative estimate of drug-likeness (QED) is 0.798. The largest absolute Gasteiger partial charge is 0.465 e. The van der Waals surface area contributed by atoms with E-state index >= 15 is 0 Å². The van der Waals surface area contributed by atoms with E-state index in [0.717, 1.165) is 0 Å². The molecule has 0 aliphatic carbocycles. The number of methoxy groups -OCH3 is 1. The molecule has 2 aromatic rings. The molecule has 0 spiro atoms. The molecule has 1 N–H and O–H groups in total. The molecule has 118 valence electrons. The molecule has 22 heavy (non-hydrogen) atoms. The molecule has 0 unspecified atom stereocenters. The monoisotopic (exact) mass is 343 g/mol. The van der Waals surface area contributed by atoms with Gasteiger partial charge in [-0.25, -0.2) is 22.9 Å². The van der Waals surface area contributed by atoms with Crippen molar-refractivity contribution in [1.82, 2.24) is 14.3 Å². The Morgan fingerprint density at radius 3 is 2.82 bits per heavy atom. The Labute approximate surface area is 132 Å². The molecule has 0 saturated carbocycles. The zero-order valence-corrected chi connectivity index (χ0v) is 13.3. The molecule has 7 nitrogen and oxygen atoms in total. The fourth-order valence-electron chi connectivity index (χ4n) is 1.75. The van der Waals surface area contributed by atoms with Crippen LogP contribution in [0.4, 0.5) is 0 Å². The maximum Gasteiger partial charge on any atom is 0.339 e. The molecule has 0 saturated heterocycles. The molecule has 9 heteroatoms. The third-order valence-electron chi connectivity index (χ3n) is 2.88. The average Bonchev–Trinajstić information content (AvgIpc) is 2.99. The number of esters is 1. The number of nitrogens with zero attached hydrogens (tertiary/aromatic N) is 2. The van der Waals surface area contributed by atoms with E-state index in [1.54, 1.807) is 23.3 Å². The first kappa shape index (κ1) is 16.5. The Morgan fingerprint density at radius 2 is 2.23 bits per heavy atom. The van der Waals surface area contributed by atoms with Crippen molar-refractivity contribution in [3.8, 4) is 0 Å². The van der Waals surface area contributed by atoms with Gasteiger partial charge in [-0.15, -0.1) is 0 Å². The highest BCUT2D eigenvalue weighted by Gasteiger charge is 2.18. The molecule has 2 rings (SSSR count). The number of carbonyl (C=O) groups is 1. The van der Waals surface area contributed by atoms with Crippen LogP contribution >= 0.6 is 11.6 Å². The lowest BCUT2D eigenvalue weighted by Crippen LogP contribution is -2.27. The lowest BCUT2D eigenvalue weighted by Gasteiger charge is -2.09. The molecule has 1 aromatic carbocycles. The number of halogens is 1. The number of carbonyl (C=O) groups excluding carboxylic acids is 1. The zero-order chi connectivity index (χ0) is 16.2. The van der Waals surface area contributed by atoms with Crippen LogP contribution < -0.4 is 4.72 Å². The van der Waals surface area contributed by atoms with Crippen molar-refractivity contribution >= 4 is 27.6 Å². The highest BCUT2D eigenvalue weighted by atomic mass is 35.5. The summed E-state index contributed by atoms with van der Waals surface area (Å²) in [5.41, 5.74) is 0.113. The van der Waals surface area contributed by atoms with E-state index in [2.05, 4.69) is 14.4 Å². The fourth-order valence-corrected chi connectivity index (χ4v) is 3.12.